The molecule has 4 aromatic carbocycles. The number of H-pyrrole nitrogens is 1. The highest BCUT2D eigenvalue weighted by atomic mass is 32.7. The first-order valence-corrected chi connectivity index (χ1v) is 23.6. The highest BCUT2D eigenvalue weighted by Crippen LogP contribution is 2.59. The second-order valence-corrected chi connectivity index (χ2v) is 19.3. The average Bonchev–Trinajstić information content (AvgIpc) is 3.92. The van der Waals surface area contributed by atoms with Crippen LogP contribution < -0.4 is 20.7 Å². The molecule has 3 heterocycles. The monoisotopic (exact) mass is 871 g/mol. The van der Waals surface area contributed by atoms with Gasteiger partial charge in [-0.15, -0.1) is 0 Å². The van der Waals surface area contributed by atoms with Crippen molar-refractivity contribution in [2.24, 2.45) is 0 Å². The number of nitrogens with one attached hydrogen (secondary N) is 1. The largest absolute Gasteiger partial charge is 0.497 e. The summed E-state index contributed by atoms with van der Waals surface area (Å²) < 4.78 is 42.7. The van der Waals surface area contributed by atoms with Crippen molar-refractivity contribution in [1.82, 2.24) is 14.2 Å². The molecule has 2 saturated heterocycles. The van der Waals surface area contributed by atoms with Gasteiger partial charge >= 0.3 is 5.69 Å². The average molecular weight is 872 g/mol. The number of aromatic amines is 1. The van der Waals surface area contributed by atoms with Crippen molar-refractivity contribution in [2.45, 2.75) is 49.4 Å². The topological polar surface area (TPSA) is 131 Å². The molecule has 0 aliphatic carbocycles. The smallest absolute Gasteiger partial charge is 0.330 e. The number of benzene rings is 4. The fraction of sp³-hybridized carbons (Fsp3) is 0.356. The van der Waals surface area contributed by atoms with Gasteiger partial charge in [-0.1, -0.05) is 108 Å². The van der Waals surface area contributed by atoms with Gasteiger partial charge in [-0.05, 0) is 60.7 Å². The SMILES string of the molecule is COc1ccc(C(OC[C@@]2(C)O[C@H](n3ccc(=O)[nH]c3=O)[C@@H](OC)[C@H]2OP(SCCSC(=O)c2ccccc2)N2CCCC2)(c2ccccc2)c2ccc(OC)cc2)cc1. The second-order valence-electron chi connectivity index (χ2n) is 14.6. The van der Waals surface area contributed by atoms with Crippen molar-refractivity contribution in [3.05, 3.63) is 165 Å². The van der Waals surface area contributed by atoms with Crippen LogP contribution in [-0.2, 0) is 24.3 Å². The molecule has 1 unspecified atom stereocenters. The van der Waals surface area contributed by atoms with Gasteiger partial charge in [-0.3, -0.25) is 23.8 Å². The molecule has 0 saturated carbocycles. The van der Waals surface area contributed by atoms with Crippen LogP contribution in [0.1, 0.15) is 53.0 Å². The van der Waals surface area contributed by atoms with E-state index in [0.717, 1.165) is 42.6 Å². The maximum absolute atomic E-state index is 13.4. The number of aromatic nitrogens is 2. The minimum absolute atomic E-state index is 0.0195. The molecular formula is C45H50N3O9PS2. The summed E-state index contributed by atoms with van der Waals surface area (Å²) in [6, 6.07) is 36.2. The number of rotatable bonds is 18. The van der Waals surface area contributed by atoms with E-state index in [1.807, 2.05) is 116 Å². The number of carbonyl (C=O) groups excluding carboxylic acids is 1. The van der Waals surface area contributed by atoms with E-state index in [9.17, 15) is 14.4 Å². The Balaban J connectivity index is 1.27. The number of carbonyl (C=O) groups is 1. The molecule has 2 aliphatic heterocycles. The van der Waals surface area contributed by atoms with Crippen LogP contribution in [0, 0.1) is 0 Å². The van der Waals surface area contributed by atoms with Crippen molar-refractivity contribution < 1.29 is 33.0 Å². The van der Waals surface area contributed by atoms with E-state index in [2.05, 4.69) is 9.65 Å². The summed E-state index contributed by atoms with van der Waals surface area (Å²) in [5, 5.41) is 0.0285. The summed E-state index contributed by atoms with van der Waals surface area (Å²) in [4.78, 5) is 40.9. The van der Waals surface area contributed by atoms with Gasteiger partial charge in [0.05, 0.1) is 20.8 Å². The van der Waals surface area contributed by atoms with Crippen LogP contribution in [0.15, 0.2) is 131 Å². The Morgan fingerprint density at radius 3 is 1.97 bits per heavy atom. The van der Waals surface area contributed by atoms with Crippen LogP contribution in [0.4, 0.5) is 0 Å². The lowest BCUT2D eigenvalue weighted by Crippen LogP contribution is -2.49. The minimum Gasteiger partial charge on any atom is -0.497 e. The van der Waals surface area contributed by atoms with E-state index in [0.29, 0.717) is 28.6 Å². The van der Waals surface area contributed by atoms with E-state index in [4.69, 9.17) is 28.2 Å². The molecular weight excluding hydrogens is 822 g/mol. The third-order valence-electron chi connectivity index (χ3n) is 10.8. The summed E-state index contributed by atoms with van der Waals surface area (Å²) in [6.45, 7) is 3.63. The normalized spacial score (nSPS) is 21.2. The van der Waals surface area contributed by atoms with Gasteiger partial charge in [0, 0.05) is 49.5 Å². The van der Waals surface area contributed by atoms with Crippen LogP contribution in [0.25, 0.3) is 0 Å². The lowest BCUT2D eigenvalue weighted by molar-refractivity contribution is -0.148. The predicted molar refractivity (Wildman–Crippen MR) is 237 cm³/mol. The van der Waals surface area contributed by atoms with Gasteiger partial charge in [0.25, 0.3) is 5.56 Å². The van der Waals surface area contributed by atoms with Crippen molar-refractivity contribution in [3.63, 3.8) is 0 Å². The molecule has 2 aliphatic rings. The Morgan fingerprint density at radius 2 is 1.40 bits per heavy atom. The highest BCUT2D eigenvalue weighted by Gasteiger charge is 2.57. The van der Waals surface area contributed by atoms with Gasteiger partial charge in [0.1, 0.15) is 34.9 Å². The van der Waals surface area contributed by atoms with Crippen molar-refractivity contribution in [2.75, 3.05) is 52.5 Å². The molecule has 5 atom stereocenters. The number of nitrogens with zero attached hydrogens (tertiary/aromatic N) is 2. The van der Waals surface area contributed by atoms with Gasteiger partial charge in [-0.25, -0.2) is 4.79 Å². The van der Waals surface area contributed by atoms with Gasteiger partial charge in [-0.2, -0.15) is 0 Å². The van der Waals surface area contributed by atoms with E-state index in [-0.39, 0.29) is 11.7 Å². The number of hydrogen-bond acceptors (Lipinski definition) is 12. The second kappa shape index (κ2) is 20.1. The van der Waals surface area contributed by atoms with Gasteiger partial charge < -0.3 is 28.2 Å². The van der Waals surface area contributed by atoms with Crippen LogP contribution in [0.3, 0.4) is 0 Å². The van der Waals surface area contributed by atoms with Crippen LogP contribution in [-0.4, -0.2) is 89.7 Å². The third kappa shape index (κ3) is 9.61. The molecule has 7 rings (SSSR count). The Kier molecular flexibility index (Phi) is 14.7. The zero-order valence-corrected chi connectivity index (χ0v) is 36.6. The maximum Gasteiger partial charge on any atom is 0.330 e. The Labute approximate surface area is 359 Å². The first-order chi connectivity index (χ1) is 29.2. The lowest BCUT2D eigenvalue weighted by atomic mass is 9.79. The summed E-state index contributed by atoms with van der Waals surface area (Å²) in [5.74, 6) is 2.66. The molecule has 0 spiro atoms. The van der Waals surface area contributed by atoms with Crippen molar-refractivity contribution in [3.8, 4) is 11.5 Å². The molecule has 1 aromatic heterocycles. The number of thioether (sulfide) groups is 1. The molecule has 0 radical (unpaired) electrons. The summed E-state index contributed by atoms with van der Waals surface area (Å²) in [7, 11) is 3.54. The fourth-order valence-electron chi connectivity index (χ4n) is 7.65. The molecule has 12 nitrogen and oxygen atoms in total. The van der Waals surface area contributed by atoms with Crippen LogP contribution in [0.5, 0.6) is 11.5 Å². The number of methoxy groups -OCH3 is 3. The summed E-state index contributed by atoms with van der Waals surface area (Å²) >= 11 is 2.98. The first-order valence-electron chi connectivity index (χ1n) is 19.8. The fourth-order valence-corrected chi connectivity index (χ4v) is 13.0. The molecule has 60 heavy (non-hydrogen) atoms. The van der Waals surface area contributed by atoms with E-state index < -0.39 is 48.4 Å². The molecule has 5 aromatic rings. The van der Waals surface area contributed by atoms with Crippen LogP contribution >= 0.6 is 30.6 Å². The quantitative estimate of drug-likeness (QED) is 0.0523. The summed E-state index contributed by atoms with van der Waals surface area (Å²) in [5.41, 5.74) is -0.334. The molecule has 316 valence electrons. The Hall–Kier alpha value is -4.24. The van der Waals surface area contributed by atoms with E-state index in [1.54, 1.807) is 32.7 Å². The Bertz CT molecular complexity index is 2230. The standard InChI is InChI=1S/C45H50N3O9PS2/c1-44(31-55-45(33-15-9-6-10-16-33,34-17-21-36(52-2)22-18-34)35-19-23-37(53-3)24-20-35)40(39(54-4)41(56-44)48-28-25-38(49)46-43(48)51)57-58(47-26-11-12-27-47)60-30-29-59-42(50)32-13-7-5-8-14-32/h5-10,13-25,28,39-41H,11-12,26-27,29-31H2,1-4H3,(H,46,49,51)/t39-,40+,41-,44+,58?/m0/s1. The van der Waals surface area contributed by atoms with E-state index >= 15 is 0 Å². The molecule has 1 N–H and O–H groups in total. The van der Waals surface area contributed by atoms with Crippen molar-refractivity contribution in [1.29, 1.82) is 0 Å². The minimum atomic E-state index is -1.29. The summed E-state index contributed by atoms with van der Waals surface area (Å²) in [6.07, 6.45) is 0.965. The third-order valence-corrected chi connectivity index (χ3v) is 16.0. The number of hydrogen-bond donors (Lipinski definition) is 1. The lowest BCUT2D eigenvalue weighted by Gasteiger charge is -2.41. The molecule has 2 fully saturated rings. The van der Waals surface area contributed by atoms with Gasteiger partial charge in [0.2, 0.25) is 5.12 Å². The molecule has 0 bridgehead atoms. The van der Waals surface area contributed by atoms with E-state index in [1.165, 1.54) is 28.6 Å². The number of ether oxygens (including phenoxy) is 5. The maximum atomic E-state index is 13.4. The molecule has 15 heteroatoms. The van der Waals surface area contributed by atoms with Gasteiger partial charge in [0.15, 0.2) is 13.7 Å². The predicted octanol–water partition coefficient (Wildman–Crippen LogP) is 7.88. The van der Waals surface area contributed by atoms with Crippen LogP contribution in [0.2, 0.25) is 0 Å². The Morgan fingerprint density at radius 1 is 0.817 bits per heavy atom. The van der Waals surface area contributed by atoms with Crippen molar-refractivity contribution >= 4 is 35.8 Å². The highest BCUT2D eigenvalue weighted by molar-refractivity contribution is 8.53. The zero-order chi connectivity index (χ0) is 42.1. The first kappa shape index (κ1) is 43.8. The molecule has 0 amide bonds. The zero-order valence-electron chi connectivity index (χ0n) is 34.1.